The first kappa shape index (κ1) is 14.6. The Balaban J connectivity index is 2.14. The molecule has 1 aliphatic carbocycles. The molecular weight excluding hydrogens is 278 g/mol. The minimum absolute atomic E-state index is 0.257. The van der Waals surface area contributed by atoms with Crippen LogP contribution in [0.3, 0.4) is 0 Å². The molecule has 2 N–H and O–H groups in total. The lowest BCUT2D eigenvalue weighted by atomic mass is 9.82. The molecule has 0 radical (unpaired) electrons. The first-order valence-electron chi connectivity index (χ1n) is 6.44. The third kappa shape index (κ3) is 3.20. The number of halogens is 1. The van der Waals surface area contributed by atoms with Crippen LogP contribution in [0.1, 0.15) is 18.4 Å². The van der Waals surface area contributed by atoms with E-state index in [0.717, 1.165) is 5.56 Å². The summed E-state index contributed by atoms with van der Waals surface area (Å²) < 4.78 is 0. The zero-order valence-electron chi connectivity index (χ0n) is 11.1. The van der Waals surface area contributed by atoms with Gasteiger partial charge in [-0.3, -0.25) is 9.59 Å². The van der Waals surface area contributed by atoms with Crippen LogP contribution < -0.4 is 5.32 Å². The van der Waals surface area contributed by atoms with Gasteiger partial charge in [0.05, 0.1) is 11.8 Å². The Kier molecular flexibility index (Phi) is 4.45. The molecule has 5 heteroatoms. The largest absolute Gasteiger partial charge is 0.481 e. The van der Waals surface area contributed by atoms with Crippen LogP contribution >= 0.6 is 11.6 Å². The van der Waals surface area contributed by atoms with Gasteiger partial charge in [0, 0.05) is 10.7 Å². The maximum absolute atomic E-state index is 12.3. The second-order valence-corrected chi connectivity index (χ2v) is 5.38. The van der Waals surface area contributed by atoms with Crippen molar-refractivity contribution in [3.05, 3.63) is 40.9 Å². The lowest BCUT2D eigenvalue weighted by Crippen LogP contribution is -2.34. The molecule has 0 aliphatic heterocycles. The van der Waals surface area contributed by atoms with Crippen molar-refractivity contribution < 1.29 is 14.7 Å². The van der Waals surface area contributed by atoms with Gasteiger partial charge in [-0.2, -0.15) is 0 Å². The molecule has 2 rings (SSSR count). The lowest BCUT2D eigenvalue weighted by Gasteiger charge is -2.24. The highest BCUT2D eigenvalue weighted by Crippen LogP contribution is 2.28. The molecule has 106 valence electrons. The Labute approximate surface area is 122 Å². The molecule has 0 aromatic heterocycles. The molecule has 1 aromatic rings. The number of nitrogens with one attached hydrogen (secondary N) is 1. The summed E-state index contributed by atoms with van der Waals surface area (Å²) in [7, 11) is 0. The average Bonchev–Trinajstić information content (AvgIpc) is 2.41. The quantitative estimate of drug-likeness (QED) is 0.841. The van der Waals surface area contributed by atoms with Crippen molar-refractivity contribution in [3.8, 4) is 0 Å². The molecule has 1 amide bonds. The summed E-state index contributed by atoms with van der Waals surface area (Å²) in [6, 6.07) is 5.18. The number of allylic oxidation sites excluding steroid dienone is 2. The normalized spacial score (nSPS) is 21.5. The maximum Gasteiger partial charge on any atom is 0.307 e. The van der Waals surface area contributed by atoms with E-state index >= 15 is 0 Å². The number of amides is 1. The summed E-state index contributed by atoms with van der Waals surface area (Å²) in [4.78, 5) is 23.5. The minimum Gasteiger partial charge on any atom is -0.481 e. The van der Waals surface area contributed by atoms with Crippen molar-refractivity contribution in [2.75, 3.05) is 5.32 Å². The predicted octanol–water partition coefficient (Wildman–Crippen LogP) is 3.25. The van der Waals surface area contributed by atoms with E-state index < -0.39 is 17.8 Å². The first-order chi connectivity index (χ1) is 9.49. The zero-order chi connectivity index (χ0) is 14.7. The van der Waals surface area contributed by atoms with Gasteiger partial charge >= 0.3 is 5.97 Å². The van der Waals surface area contributed by atoms with Gasteiger partial charge in [0.1, 0.15) is 0 Å². The number of benzene rings is 1. The Morgan fingerprint density at radius 3 is 2.50 bits per heavy atom. The summed E-state index contributed by atoms with van der Waals surface area (Å²) in [5.74, 6) is -2.38. The van der Waals surface area contributed by atoms with Crippen molar-refractivity contribution in [3.63, 3.8) is 0 Å². The van der Waals surface area contributed by atoms with Crippen LogP contribution in [0.25, 0.3) is 0 Å². The van der Waals surface area contributed by atoms with Crippen LogP contribution in [-0.4, -0.2) is 17.0 Å². The number of carbonyl (C=O) groups excluding carboxylic acids is 1. The number of hydrogen-bond acceptors (Lipinski definition) is 2. The smallest absolute Gasteiger partial charge is 0.307 e. The van der Waals surface area contributed by atoms with Gasteiger partial charge in [-0.25, -0.2) is 0 Å². The molecule has 4 nitrogen and oxygen atoms in total. The summed E-state index contributed by atoms with van der Waals surface area (Å²) in [5, 5.41) is 12.6. The van der Waals surface area contributed by atoms with Crippen LogP contribution in [0.15, 0.2) is 30.4 Å². The highest BCUT2D eigenvalue weighted by atomic mass is 35.5. The summed E-state index contributed by atoms with van der Waals surface area (Å²) in [5.41, 5.74) is 1.52. The molecule has 2 atom stereocenters. The van der Waals surface area contributed by atoms with E-state index in [2.05, 4.69) is 5.32 Å². The second-order valence-electron chi connectivity index (χ2n) is 4.94. The SMILES string of the molecule is Cc1cc(Cl)ccc1NC(=O)[C@H]1CC=CC[C@@H]1C(=O)O. The van der Waals surface area contributed by atoms with E-state index in [4.69, 9.17) is 11.6 Å². The third-order valence-corrected chi connectivity index (χ3v) is 3.77. The number of aryl methyl sites for hydroxylation is 1. The van der Waals surface area contributed by atoms with E-state index in [9.17, 15) is 14.7 Å². The van der Waals surface area contributed by atoms with Crippen LogP contribution in [0, 0.1) is 18.8 Å². The monoisotopic (exact) mass is 293 g/mol. The van der Waals surface area contributed by atoms with Gasteiger partial charge in [-0.05, 0) is 43.5 Å². The van der Waals surface area contributed by atoms with Gasteiger partial charge in [0.25, 0.3) is 0 Å². The molecule has 0 saturated carbocycles. The fourth-order valence-corrected chi connectivity index (χ4v) is 2.60. The number of hydrogen-bond donors (Lipinski definition) is 2. The Morgan fingerprint density at radius 1 is 1.25 bits per heavy atom. The Morgan fingerprint density at radius 2 is 1.90 bits per heavy atom. The van der Waals surface area contributed by atoms with Gasteiger partial charge < -0.3 is 10.4 Å². The van der Waals surface area contributed by atoms with Crippen LogP contribution in [-0.2, 0) is 9.59 Å². The number of carboxylic acid groups (broad SMARTS) is 1. The van der Waals surface area contributed by atoms with E-state index in [-0.39, 0.29) is 5.91 Å². The van der Waals surface area contributed by atoms with E-state index in [1.807, 2.05) is 19.1 Å². The lowest BCUT2D eigenvalue weighted by molar-refractivity contribution is -0.146. The molecule has 0 saturated heterocycles. The van der Waals surface area contributed by atoms with Gasteiger partial charge in [0.2, 0.25) is 5.91 Å². The van der Waals surface area contributed by atoms with Crippen molar-refractivity contribution in [1.29, 1.82) is 0 Å². The minimum atomic E-state index is -0.928. The summed E-state index contributed by atoms with van der Waals surface area (Å²) >= 11 is 5.87. The molecular formula is C15H16ClNO3. The molecule has 0 bridgehead atoms. The van der Waals surface area contributed by atoms with Gasteiger partial charge in [-0.1, -0.05) is 23.8 Å². The summed E-state index contributed by atoms with van der Waals surface area (Å²) in [6.45, 7) is 1.84. The van der Waals surface area contributed by atoms with Crippen LogP contribution in [0.5, 0.6) is 0 Å². The highest BCUT2D eigenvalue weighted by Gasteiger charge is 2.34. The maximum atomic E-state index is 12.3. The van der Waals surface area contributed by atoms with Crippen molar-refractivity contribution in [2.24, 2.45) is 11.8 Å². The second kappa shape index (κ2) is 6.09. The highest BCUT2D eigenvalue weighted by molar-refractivity contribution is 6.30. The van der Waals surface area contributed by atoms with Gasteiger partial charge in [-0.15, -0.1) is 0 Å². The molecule has 0 fully saturated rings. The van der Waals surface area contributed by atoms with Crippen molar-refractivity contribution in [1.82, 2.24) is 0 Å². The molecule has 1 aliphatic rings. The molecule has 0 heterocycles. The zero-order valence-corrected chi connectivity index (χ0v) is 11.9. The molecule has 1 aromatic carbocycles. The number of carboxylic acids is 1. The fraction of sp³-hybridized carbons (Fsp3) is 0.333. The number of rotatable bonds is 3. The Hall–Kier alpha value is -1.81. The van der Waals surface area contributed by atoms with Crippen LogP contribution in [0.4, 0.5) is 5.69 Å². The first-order valence-corrected chi connectivity index (χ1v) is 6.81. The average molecular weight is 294 g/mol. The number of aliphatic carboxylic acids is 1. The van der Waals surface area contributed by atoms with Crippen molar-refractivity contribution in [2.45, 2.75) is 19.8 Å². The number of anilines is 1. The standard InChI is InChI=1S/C15H16ClNO3/c1-9-8-10(16)6-7-13(9)17-14(18)11-4-2-3-5-12(11)15(19)20/h2-3,6-8,11-12H,4-5H2,1H3,(H,17,18)(H,19,20)/t11-,12-/m0/s1. The summed E-state index contributed by atoms with van der Waals surface area (Å²) in [6.07, 6.45) is 4.52. The van der Waals surface area contributed by atoms with Gasteiger partial charge in [0.15, 0.2) is 0 Å². The van der Waals surface area contributed by atoms with E-state index in [0.29, 0.717) is 23.6 Å². The van der Waals surface area contributed by atoms with E-state index in [1.54, 1.807) is 18.2 Å². The Bertz CT molecular complexity index is 568. The molecule has 20 heavy (non-hydrogen) atoms. The molecule has 0 unspecified atom stereocenters. The topological polar surface area (TPSA) is 66.4 Å². The molecule has 0 spiro atoms. The predicted molar refractivity (Wildman–Crippen MR) is 77.8 cm³/mol. The van der Waals surface area contributed by atoms with Crippen molar-refractivity contribution >= 4 is 29.2 Å². The van der Waals surface area contributed by atoms with Crippen LogP contribution in [0.2, 0.25) is 5.02 Å². The third-order valence-electron chi connectivity index (χ3n) is 3.53. The fourth-order valence-electron chi connectivity index (χ4n) is 2.37. The van der Waals surface area contributed by atoms with E-state index in [1.165, 1.54) is 0 Å². The number of carbonyl (C=O) groups is 2.